The van der Waals surface area contributed by atoms with E-state index in [0.29, 0.717) is 11.0 Å². The van der Waals surface area contributed by atoms with E-state index in [1.165, 1.54) is 6.92 Å². The Morgan fingerprint density at radius 1 is 1.20 bits per heavy atom. The number of rotatable bonds is 4. The zero-order chi connectivity index (χ0) is 15.7. The second-order valence-electron chi connectivity index (χ2n) is 4.19. The minimum Gasteiger partial charge on any atom is -0.334 e. The first-order valence-electron chi connectivity index (χ1n) is 5.47. The molecule has 0 radical (unpaired) electrons. The van der Waals surface area contributed by atoms with Crippen molar-refractivity contribution in [3.05, 3.63) is 35.4 Å². The first-order valence-corrected chi connectivity index (χ1v) is 5.47. The van der Waals surface area contributed by atoms with E-state index < -0.39 is 35.9 Å². The monoisotopic (exact) mass is 299 g/mol. The van der Waals surface area contributed by atoms with Crippen molar-refractivity contribution in [1.29, 1.82) is 0 Å². The lowest BCUT2D eigenvalue weighted by atomic mass is 10.1. The van der Waals surface area contributed by atoms with Gasteiger partial charge < -0.3 is 4.90 Å². The van der Waals surface area contributed by atoms with Crippen LogP contribution in [0.2, 0.25) is 0 Å². The lowest BCUT2D eigenvalue weighted by Crippen LogP contribution is -2.46. The minimum atomic E-state index is -4.83. The van der Waals surface area contributed by atoms with Crippen molar-refractivity contribution in [2.75, 3.05) is 7.05 Å². The highest BCUT2D eigenvalue weighted by molar-refractivity contribution is 5.84. The molecule has 0 bridgehead atoms. The molecular weight excluding hydrogens is 288 g/mol. The van der Waals surface area contributed by atoms with Gasteiger partial charge in [-0.3, -0.25) is 4.79 Å². The van der Waals surface area contributed by atoms with Gasteiger partial charge in [0.15, 0.2) is 11.6 Å². The minimum absolute atomic E-state index is 0.00446. The van der Waals surface area contributed by atoms with Gasteiger partial charge in [0.05, 0.1) is 6.04 Å². The van der Waals surface area contributed by atoms with Crippen LogP contribution in [0.3, 0.4) is 0 Å². The average Bonchev–Trinajstić information content (AvgIpc) is 2.39. The number of hydrogen-bond acceptors (Lipinski definition) is 1. The summed E-state index contributed by atoms with van der Waals surface area (Å²) in [5.41, 5.74) is 0.00446. The Kier molecular flexibility index (Phi) is 4.67. The number of nitrogens with zero attached hydrogens (tertiary/aromatic N) is 1. The summed E-state index contributed by atoms with van der Waals surface area (Å²) in [7, 11) is 0.880. The van der Waals surface area contributed by atoms with Crippen molar-refractivity contribution < 1.29 is 31.1 Å². The fourth-order valence-corrected chi connectivity index (χ4v) is 1.50. The summed E-state index contributed by atoms with van der Waals surface area (Å²) in [6.07, 6.45) is -4.14. The van der Waals surface area contributed by atoms with Crippen LogP contribution in [-0.2, 0) is 4.79 Å². The smallest absolute Gasteiger partial charge is 0.334 e. The maximum atomic E-state index is 13.0. The van der Waals surface area contributed by atoms with Crippen LogP contribution in [0.25, 0.3) is 0 Å². The topological polar surface area (TPSA) is 20.3 Å². The molecule has 1 aromatic rings. The van der Waals surface area contributed by atoms with E-state index in [1.807, 2.05) is 0 Å². The molecule has 0 aliphatic carbocycles. The Labute approximate surface area is 111 Å². The van der Waals surface area contributed by atoms with Crippen molar-refractivity contribution in [3.63, 3.8) is 0 Å². The molecule has 0 saturated heterocycles. The predicted molar refractivity (Wildman–Crippen MR) is 58.5 cm³/mol. The zero-order valence-corrected chi connectivity index (χ0v) is 10.5. The SMILES string of the molecule is CC(c1ccc(F)c(F)c1)N(C)C(=O)C(F)(F)C(F)F. The van der Waals surface area contributed by atoms with Gasteiger partial charge in [-0.25, -0.2) is 17.6 Å². The maximum absolute atomic E-state index is 13.0. The molecule has 0 spiro atoms. The molecule has 1 atom stereocenters. The number of benzene rings is 1. The second-order valence-corrected chi connectivity index (χ2v) is 4.19. The number of amides is 1. The van der Waals surface area contributed by atoms with E-state index in [-0.39, 0.29) is 5.56 Å². The quantitative estimate of drug-likeness (QED) is 0.780. The number of carbonyl (C=O) groups is 1. The third kappa shape index (κ3) is 3.05. The highest BCUT2D eigenvalue weighted by Crippen LogP contribution is 2.29. The molecule has 0 aliphatic rings. The molecule has 20 heavy (non-hydrogen) atoms. The van der Waals surface area contributed by atoms with Gasteiger partial charge in [-0.15, -0.1) is 0 Å². The van der Waals surface area contributed by atoms with Gasteiger partial charge in [0.1, 0.15) is 0 Å². The molecule has 0 saturated carbocycles. The van der Waals surface area contributed by atoms with Crippen LogP contribution in [0.15, 0.2) is 18.2 Å². The maximum Gasteiger partial charge on any atom is 0.383 e. The van der Waals surface area contributed by atoms with Crippen LogP contribution < -0.4 is 0 Å². The van der Waals surface area contributed by atoms with Crippen LogP contribution in [0.5, 0.6) is 0 Å². The summed E-state index contributed by atoms with van der Waals surface area (Å²) in [5.74, 6) is -9.30. The second kappa shape index (κ2) is 5.72. The van der Waals surface area contributed by atoms with E-state index in [9.17, 15) is 31.1 Å². The lowest BCUT2D eigenvalue weighted by Gasteiger charge is -2.28. The number of carbonyl (C=O) groups excluding carboxylic acids is 1. The predicted octanol–water partition coefficient (Wildman–Crippen LogP) is 3.38. The highest BCUT2D eigenvalue weighted by atomic mass is 19.3. The van der Waals surface area contributed by atoms with Crippen molar-refractivity contribution >= 4 is 5.91 Å². The molecule has 2 nitrogen and oxygen atoms in total. The van der Waals surface area contributed by atoms with Gasteiger partial charge in [0.25, 0.3) is 5.91 Å². The van der Waals surface area contributed by atoms with Crippen LogP contribution >= 0.6 is 0 Å². The molecule has 1 rings (SSSR count). The molecule has 8 heteroatoms. The molecular formula is C12H11F6NO. The summed E-state index contributed by atoms with van der Waals surface area (Å²) < 4.78 is 75.8. The van der Waals surface area contributed by atoms with Gasteiger partial charge in [-0.1, -0.05) is 6.07 Å². The normalized spacial score (nSPS) is 13.4. The van der Waals surface area contributed by atoms with Crippen LogP contribution in [0.1, 0.15) is 18.5 Å². The Hall–Kier alpha value is -1.73. The highest BCUT2D eigenvalue weighted by Gasteiger charge is 2.51. The Morgan fingerprint density at radius 2 is 1.75 bits per heavy atom. The lowest BCUT2D eigenvalue weighted by molar-refractivity contribution is -0.181. The standard InChI is InChI=1S/C12H11F6NO/c1-6(7-3-4-8(13)9(14)5-7)19(2)11(20)12(17,18)10(15)16/h3-6,10H,1-2H3. The average molecular weight is 299 g/mol. The zero-order valence-electron chi connectivity index (χ0n) is 10.5. The number of hydrogen-bond donors (Lipinski definition) is 0. The van der Waals surface area contributed by atoms with E-state index >= 15 is 0 Å². The fourth-order valence-electron chi connectivity index (χ4n) is 1.50. The Balaban J connectivity index is 2.99. The van der Waals surface area contributed by atoms with E-state index in [0.717, 1.165) is 19.2 Å². The van der Waals surface area contributed by atoms with Crippen molar-refractivity contribution in [3.8, 4) is 0 Å². The third-order valence-corrected chi connectivity index (χ3v) is 2.89. The number of halogens is 6. The molecule has 112 valence electrons. The van der Waals surface area contributed by atoms with E-state index in [1.54, 1.807) is 0 Å². The van der Waals surface area contributed by atoms with Crippen molar-refractivity contribution in [2.45, 2.75) is 25.3 Å². The summed E-state index contributed by atoms with van der Waals surface area (Å²) in [5, 5.41) is 0. The molecule has 0 aromatic heterocycles. The summed E-state index contributed by atoms with van der Waals surface area (Å²) >= 11 is 0. The Bertz CT molecular complexity index is 505. The first-order chi connectivity index (χ1) is 9.09. The molecule has 1 unspecified atom stereocenters. The fraction of sp³-hybridized carbons (Fsp3) is 0.417. The van der Waals surface area contributed by atoms with E-state index in [2.05, 4.69) is 0 Å². The van der Waals surface area contributed by atoms with Crippen LogP contribution in [-0.4, -0.2) is 30.2 Å². The van der Waals surface area contributed by atoms with Crippen LogP contribution in [0.4, 0.5) is 26.3 Å². The van der Waals surface area contributed by atoms with Gasteiger partial charge in [-0.05, 0) is 24.6 Å². The molecule has 0 heterocycles. The Morgan fingerprint density at radius 3 is 2.20 bits per heavy atom. The largest absolute Gasteiger partial charge is 0.383 e. The van der Waals surface area contributed by atoms with Gasteiger partial charge >= 0.3 is 12.3 Å². The molecule has 0 aliphatic heterocycles. The molecule has 0 N–H and O–H groups in total. The molecule has 1 amide bonds. The molecule has 1 aromatic carbocycles. The van der Waals surface area contributed by atoms with E-state index in [4.69, 9.17) is 0 Å². The van der Waals surface area contributed by atoms with Gasteiger partial charge in [0.2, 0.25) is 0 Å². The first kappa shape index (κ1) is 16.3. The van der Waals surface area contributed by atoms with Crippen LogP contribution in [0, 0.1) is 11.6 Å². The summed E-state index contributed by atoms with van der Waals surface area (Å²) in [4.78, 5) is 11.7. The van der Waals surface area contributed by atoms with Gasteiger partial charge in [0, 0.05) is 7.05 Å². The summed E-state index contributed by atoms with van der Waals surface area (Å²) in [6, 6.07) is 1.42. The summed E-state index contributed by atoms with van der Waals surface area (Å²) in [6.45, 7) is 1.23. The van der Waals surface area contributed by atoms with Crippen molar-refractivity contribution in [1.82, 2.24) is 4.90 Å². The number of alkyl halides is 4. The van der Waals surface area contributed by atoms with Gasteiger partial charge in [-0.2, -0.15) is 8.78 Å². The molecule has 0 fully saturated rings. The third-order valence-electron chi connectivity index (χ3n) is 2.89. The van der Waals surface area contributed by atoms with Crippen molar-refractivity contribution in [2.24, 2.45) is 0 Å².